The minimum atomic E-state index is -1.68. The molecule has 0 saturated carbocycles. The standard InChI is InChI=1S/C58H54O14/c1-2-3-4-5-6-22-35-64-51-48(65-37-39-23-12-7-13-24-39)45-34-33-44(36-46(45)68-57(51)63)67-58-52(72-56(62)43-31-20-11-21-32-43)50(71-55(61)42-29-18-10-19-30-42)49(70-54(60)41-27-16-9-17-28-41)47(69-58)38-66-53(59)40-25-14-8-15-26-40/h7-21,23-34,36,47,49-50,52,58H,2-6,22,35,37-38H2,1H3/t47-,49-,50+,52+,58+/m1/s1. The molecule has 72 heavy (non-hydrogen) atoms. The number of hydrogen-bond acceptors (Lipinski definition) is 14. The van der Waals surface area contributed by atoms with Crippen LogP contribution in [-0.2, 0) is 30.3 Å². The van der Waals surface area contributed by atoms with Crippen molar-refractivity contribution < 1.29 is 61.5 Å². The van der Waals surface area contributed by atoms with E-state index < -0.39 is 66.8 Å². The smallest absolute Gasteiger partial charge is 0.383 e. The van der Waals surface area contributed by atoms with Crippen molar-refractivity contribution in [3.63, 3.8) is 0 Å². The lowest BCUT2D eigenvalue weighted by atomic mass is 9.97. The van der Waals surface area contributed by atoms with Crippen LogP contribution in [0.5, 0.6) is 17.2 Å². The minimum Gasteiger partial charge on any atom is -0.484 e. The number of benzene rings is 6. The summed E-state index contributed by atoms with van der Waals surface area (Å²) >= 11 is 0. The fourth-order valence-corrected chi connectivity index (χ4v) is 8.02. The first kappa shape index (κ1) is 50.2. The van der Waals surface area contributed by atoms with Crippen molar-refractivity contribution in [1.29, 1.82) is 0 Å². The fourth-order valence-electron chi connectivity index (χ4n) is 8.02. The van der Waals surface area contributed by atoms with Crippen LogP contribution in [-0.4, -0.2) is 67.8 Å². The maximum atomic E-state index is 14.1. The highest BCUT2D eigenvalue weighted by atomic mass is 16.7. The van der Waals surface area contributed by atoms with Gasteiger partial charge in [-0.1, -0.05) is 142 Å². The Balaban J connectivity index is 1.18. The van der Waals surface area contributed by atoms with Crippen LogP contribution in [0.1, 0.15) is 92.4 Å². The number of fused-ring (bicyclic) bond motifs is 1. The maximum absolute atomic E-state index is 14.1. The molecular formula is C58H54O14. The number of esters is 4. The highest BCUT2D eigenvalue weighted by Crippen LogP contribution is 2.38. The monoisotopic (exact) mass is 974 g/mol. The Morgan fingerprint density at radius 2 is 1.01 bits per heavy atom. The molecule has 370 valence electrons. The molecular weight excluding hydrogens is 921 g/mol. The molecule has 14 nitrogen and oxygen atoms in total. The first-order valence-corrected chi connectivity index (χ1v) is 24.0. The maximum Gasteiger partial charge on any atom is 0.383 e. The predicted octanol–water partition coefficient (Wildman–Crippen LogP) is 10.7. The van der Waals surface area contributed by atoms with Crippen LogP contribution < -0.4 is 19.8 Å². The fraction of sp³-hybridized carbons (Fsp3) is 0.259. The van der Waals surface area contributed by atoms with Crippen LogP contribution in [0.15, 0.2) is 179 Å². The molecule has 1 aromatic heterocycles. The van der Waals surface area contributed by atoms with Gasteiger partial charge >= 0.3 is 29.5 Å². The highest BCUT2D eigenvalue weighted by molar-refractivity contribution is 5.92. The first-order chi connectivity index (χ1) is 35.2. The van der Waals surface area contributed by atoms with E-state index >= 15 is 0 Å². The van der Waals surface area contributed by atoms with Gasteiger partial charge in [-0.3, -0.25) is 0 Å². The van der Waals surface area contributed by atoms with Crippen LogP contribution in [0.25, 0.3) is 11.0 Å². The summed E-state index contributed by atoms with van der Waals surface area (Å²) in [5, 5.41) is 0.390. The van der Waals surface area contributed by atoms with Gasteiger partial charge in [0.2, 0.25) is 18.1 Å². The van der Waals surface area contributed by atoms with Crippen molar-refractivity contribution in [3.8, 4) is 17.2 Å². The van der Waals surface area contributed by atoms with Crippen molar-refractivity contribution in [2.24, 2.45) is 0 Å². The SMILES string of the molecule is CCCCCCCCOc1c(OCc2ccccc2)c2ccc(O[C@H]3O[C@H](COC(=O)c4ccccc4)[C@@H](OC(=O)c4ccccc4)[C@H](OC(=O)c4ccccc4)[C@@H]3OC(=O)c3ccccc3)cc2oc1=O. The zero-order valence-electron chi connectivity index (χ0n) is 39.6. The van der Waals surface area contributed by atoms with Gasteiger partial charge in [0.05, 0.1) is 34.2 Å². The lowest BCUT2D eigenvalue weighted by molar-refractivity contribution is -0.275. The van der Waals surface area contributed by atoms with Gasteiger partial charge in [-0.05, 0) is 72.6 Å². The summed E-state index contributed by atoms with van der Waals surface area (Å²) < 4.78 is 55.7. The van der Waals surface area contributed by atoms with Gasteiger partial charge < -0.3 is 42.3 Å². The van der Waals surface area contributed by atoms with E-state index in [9.17, 15) is 24.0 Å². The van der Waals surface area contributed by atoms with Gasteiger partial charge in [0.25, 0.3) is 0 Å². The van der Waals surface area contributed by atoms with Crippen molar-refractivity contribution in [1.82, 2.24) is 0 Å². The number of hydrogen-bond donors (Lipinski definition) is 0. The minimum absolute atomic E-state index is 0.0408. The molecule has 5 atom stereocenters. The Hall–Kier alpha value is -8.23. The van der Waals surface area contributed by atoms with E-state index in [4.69, 9.17) is 42.3 Å². The summed E-state index contributed by atoms with van der Waals surface area (Å²) in [4.78, 5) is 69.4. The molecule has 14 heteroatoms. The lowest BCUT2D eigenvalue weighted by Crippen LogP contribution is -2.63. The molecule has 0 radical (unpaired) electrons. The highest BCUT2D eigenvalue weighted by Gasteiger charge is 2.54. The second kappa shape index (κ2) is 25.1. The predicted molar refractivity (Wildman–Crippen MR) is 265 cm³/mol. The third-order valence-corrected chi connectivity index (χ3v) is 11.8. The molecule has 0 N–H and O–H groups in total. The lowest BCUT2D eigenvalue weighted by Gasteiger charge is -2.44. The van der Waals surface area contributed by atoms with Crippen LogP contribution in [0.2, 0.25) is 0 Å². The van der Waals surface area contributed by atoms with Crippen molar-refractivity contribution in [3.05, 3.63) is 208 Å². The van der Waals surface area contributed by atoms with Gasteiger partial charge in [-0.2, -0.15) is 0 Å². The van der Waals surface area contributed by atoms with E-state index in [0.29, 0.717) is 5.39 Å². The van der Waals surface area contributed by atoms with Crippen LogP contribution in [0, 0.1) is 0 Å². The topological polar surface area (TPSA) is 172 Å². The number of carbonyl (C=O) groups excluding carboxylic acids is 4. The number of ether oxygens (including phenoxy) is 8. The van der Waals surface area contributed by atoms with Crippen molar-refractivity contribution in [2.45, 2.75) is 82.8 Å². The Bertz CT molecular complexity index is 2930. The van der Waals surface area contributed by atoms with Gasteiger partial charge in [-0.15, -0.1) is 0 Å². The van der Waals surface area contributed by atoms with E-state index in [-0.39, 0.29) is 58.3 Å². The normalized spacial score (nSPS) is 17.3. The number of carbonyl (C=O) groups is 4. The Morgan fingerprint density at radius 3 is 1.58 bits per heavy atom. The van der Waals surface area contributed by atoms with Gasteiger partial charge in [0, 0.05) is 6.07 Å². The van der Waals surface area contributed by atoms with E-state index in [1.54, 1.807) is 97.1 Å². The van der Waals surface area contributed by atoms with Crippen molar-refractivity contribution >= 4 is 34.8 Å². The molecule has 1 aliphatic rings. The van der Waals surface area contributed by atoms with Crippen LogP contribution in [0.4, 0.5) is 0 Å². The molecule has 0 bridgehead atoms. The Labute approximate surface area is 416 Å². The molecule has 1 saturated heterocycles. The molecule has 0 unspecified atom stereocenters. The van der Waals surface area contributed by atoms with E-state index in [1.165, 1.54) is 42.5 Å². The second-order valence-corrected chi connectivity index (χ2v) is 16.9. The van der Waals surface area contributed by atoms with Crippen LogP contribution >= 0.6 is 0 Å². The summed E-state index contributed by atoms with van der Waals surface area (Å²) in [6, 6.07) is 46.4. The molecule has 2 heterocycles. The number of unbranched alkanes of at least 4 members (excludes halogenated alkanes) is 5. The molecule has 0 amide bonds. The van der Waals surface area contributed by atoms with Gasteiger partial charge in [0.1, 0.15) is 30.7 Å². The van der Waals surface area contributed by atoms with Gasteiger partial charge in [0.15, 0.2) is 18.0 Å². The summed E-state index contributed by atoms with van der Waals surface area (Å²) in [5.74, 6) is -3.17. The Kier molecular flexibility index (Phi) is 17.5. The van der Waals surface area contributed by atoms with E-state index in [2.05, 4.69) is 6.92 Å². The third kappa shape index (κ3) is 13.1. The third-order valence-electron chi connectivity index (χ3n) is 11.8. The summed E-state index contributed by atoms with van der Waals surface area (Å²) in [5.41, 5.74) is 0.741. The first-order valence-electron chi connectivity index (χ1n) is 24.0. The molecule has 1 fully saturated rings. The zero-order valence-corrected chi connectivity index (χ0v) is 39.6. The largest absolute Gasteiger partial charge is 0.484 e. The molecule has 0 spiro atoms. The Morgan fingerprint density at radius 1 is 0.514 bits per heavy atom. The van der Waals surface area contributed by atoms with E-state index in [1.807, 2.05) is 30.3 Å². The average Bonchev–Trinajstić information content (AvgIpc) is 3.42. The summed E-state index contributed by atoms with van der Waals surface area (Å²) in [6.07, 6.45) is -1.90. The molecule has 7 aromatic rings. The number of rotatable bonds is 22. The zero-order chi connectivity index (χ0) is 50.1. The average molecular weight is 975 g/mol. The second-order valence-electron chi connectivity index (χ2n) is 16.9. The summed E-state index contributed by atoms with van der Waals surface area (Å²) in [6.45, 7) is 1.99. The summed E-state index contributed by atoms with van der Waals surface area (Å²) in [7, 11) is 0. The van der Waals surface area contributed by atoms with Crippen LogP contribution in [0.3, 0.4) is 0 Å². The van der Waals surface area contributed by atoms with E-state index in [0.717, 1.165) is 44.1 Å². The molecule has 1 aliphatic heterocycles. The van der Waals surface area contributed by atoms with Gasteiger partial charge in [-0.25, -0.2) is 24.0 Å². The molecule has 8 rings (SSSR count). The quantitative estimate of drug-likeness (QED) is 0.0272. The molecule has 0 aliphatic carbocycles. The molecule has 6 aromatic carbocycles. The van der Waals surface area contributed by atoms with Crippen molar-refractivity contribution in [2.75, 3.05) is 13.2 Å².